The highest BCUT2D eigenvalue weighted by molar-refractivity contribution is 5.92. The van der Waals surface area contributed by atoms with Crippen molar-refractivity contribution < 1.29 is 14.3 Å². The Morgan fingerprint density at radius 1 is 1.09 bits per heavy atom. The van der Waals surface area contributed by atoms with E-state index in [9.17, 15) is 4.79 Å². The first kappa shape index (κ1) is 16.4. The topological polar surface area (TPSA) is 42.0 Å². The Bertz CT molecular complexity index is 512. The molecule has 0 aromatic heterocycles. The summed E-state index contributed by atoms with van der Waals surface area (Å²) in [5.41, 5.74) is 0.886. The quantitative estimate of drug-likeness (QED) is 0.779. The van der Waals surface area contributed by atoms with E-state index in [-0.39, 0.29) is 5.91 Å². The molecule has 1 heterocycles. The van der Waals surface area contributed by atoms with Gasteiger partial charge in [0.05, 0.1) is 14.2 Å². The Labute approximate surface area is 132 Å². The molecule has 5 nitrogen and oxygen atoms in total. The maximum Gasteiger partial charge on any atom is 0.246 e. The molecule has 2 rings (SSSR count). The lowest BCUT2D eigenvalue weighted by molar-refractivity contribution is -0.127. The van der Waals surface area contributed by atoms with Gasteiger partial charge in [0, 0.05) is 38.3 Å². The molecule has 0 atom stereocenters. The van der Waals surface area contributed by atoms with E-state index in [1.54, 1.807) is 26.4 Å². The Balaban J connectivity index is 2.00. The summed E-state index contributed by atoms with van der Waals surface area (Å²) < 4.78 is 10.5. The van der Waals surface area contributed by atoms with Gasteiger partial charge in [-0.05, 0) is 30.3 Å². The zero-order valence-corrected chi connectivity index (χ0v) is 13.5. The summed E-state index contributed by atoms with van der Waals surface area (Å²) in [6.07, 6.45) is 3.43. The smallest absolute Gasteiger partial charge is 0.246 e. The van der Waals surface area contributed by atoms with Crippen molar-refractivity contribution >= 4 is 12.0 Å². The standard InChI is InChI=1S/C17H24N2O3/c1-4-18-7-9-19(10-8-18)17(20)6-5-14-11-15(21-2)13-16(12-14)22-3/h5-6,11-13H,4,7-10H2,1-3H3/b6-5-. The fraction of sp³-hybridized carbons (Fsp3) is 0.471. The molecule has 1 aliphatic rings. The van der Waals surface area contributed by atoms with Gasteiger partial charge in [-0.25, -0.2) is 0 Å². The highest BCUT2D eigenvalue weighted by Gasteiger charge is 2.18. The average molecular weight is 304 g/mol. The lowest BCUT2D eigenvalue weighted by Crippen LogP contribution is -2.48. The number of hydrogen-bond donors (Lipinski definition) is 0. The fourth-order valence-electron chi connectivity index (χ4n) is 2.48. The first-order valence-electron chi connectivity index (χ1n) is 7.58. The molecule has 0 saturated carbocycles. The lowest BCUT2D eigenvalue weighted by Gasteiger charge is -2.33. The fourth-order valence-corrected chi connectivity index (χ4v) is 2.48. The van der Waals surface area contributed by atoms with E-state index in [0.29, 0.717) is 11.5 Å². The van der Waals surface area contributed by atoms with Crippen molar-refractivity contribution in [3.8, 4) is 11.5 Å². The monoisotopic (exact) mass is 304 g/mol. The molecule has 1 aliphatic heterocycles. The Kier molecular flexibility index (Phi) is 5.83. The number of amides is 1. The van der Waals surface area contributed by atoms with Gasteiger partial charge in [0.1, 0.15) is 11.5 Å². The Hall–Kier alpha value is -2.01. The third kappa shape index (κ3) is 4.24. The number of nitrogens with zero attached hydrogens (tertiary/aromatic N) is 2. The molecule has 120 valence electrons. The van der Waals surface area contributed by atoms with Crippen LogP contribution in [0.3, 0.4) is 0 Å². The zero-order chi connectivity index (χ0) is 15.9. The predicted molar refractivity (Wildman–Crippen MR) is 87.3 cm³/mol. The van der Waals surface area contributed by atoms with Gasteiger partial charge in [0.25, 0.3) is 0 Å². The summed E-state index contributed by atoms with van der Waals surface area (Å²) in [6.45, 7) is 6.66. The van der Waals surface area contributed by atoms with Crippen LogP contribution in [0.4, 0.5) is 0 Å². The number of ether oxygens (including phenoxy) is 2. The van der Waals surface area contributed by atoms with Crippen molar-refractivity contribution in [3.63, 3.8) is 0 Å². The van der Waals surface area contributed by atoms with Crippen LogP contribution in [0.2, 0.25) is 0 Å². The summed E-state index contributed by atoms with van der Waals surface area (Å²) in [6, 6.07) is 5.56. The highest BCUT2D eigenvalue weighted by Crippen LogP contribution is 2.23. The Morgan fingerprint density at radius 3 is 2.18 bits per heavy atom. The van der Waals surface area contributed by atoms with Gasteiger partial charge in [-0.2, -0.15) is 0 Å². The van der Waals surface area contributed by atoms with Crippen molar-refractivity contribution in [3.05, 3.63) is 29.8 Å². The van der Waals surface area contributed by atoms with Crippen LogP contribution in [-0.2, 0) is 4.79 Å². The molecule has 22 heavy (non-hydrogen) atoms. The van der Waals surface area contributed by atoms with Gasteiger partial charge in [0.15, 0.2) is 0 Å². The van der Waals surface area contributed by atoms with Gasteiger partial charge in [-0.3, -0.25) is 4.79 Å². The molecule has 1 amide bonds. The number of piperazine rings is 1. The zero-order valence-electron chi connectivity index (χ0n) is 13.5. The number of hydrogen-bond acceptors (Lipinski definition) is 4. The molecule has 1 aromatic rings. The number of benzene rings is 1. The van der Waals surface area contributed by atoms with Crippen LogP contribution >= 0.6 is 0 Å². The molecule has 0 bridgehead atoms. The van der Waals surface area contributed by atoms with Crippen molar-refractivity contribution in [1.29, 1.82) is 0 Å². The number of likely N-dealkylation sites (N-methyl/N-ethyl adjacent to an activating group) is 1. The summed E-state index contributed by atoms with van der Waals surface area (Å²) in [4.78, 5) is 16.5. The van der Waals surface area contributed by atoms with Crippen LogP contribution in [0.1, 0.15) is 12.5 Å². The summed E-state index contributed by atoms with van der Waals surface area (Å²) in [5, 5.41) is 0. The maximum atomic E-state index is 12.2. The first-order chi connectivity index (χ1) is 10.7. The molecule has 0 spiro atoms. The van der Waals surface area contributed by atoms with Crippen molar-refractivity contribution in [1.82, 2.24) is 9.80 Å². The van der Waals surface area contributed by atoms with E-state index in [2.05, 4.69) is 11.8 Å². The van der Waals surface area contributed by atoms with E-state index < -0.39 is 0 Å². The molecule has 0 N–H and O–H groups in total. The third-order valence-electron chi connectivity index (χ3n) is 3.92. The number of carbonyl (C=O) groups excluding carboxylic acids is 1. The summed E-state index contributed by atoms with van der Waals surface area (Å²) in [5.74, 6) is 1.48. The van der Waals surface area contributed by atoms with Crippen LogP contribution in [0.15, 0.2) is 24.3 Å². The minimum atomic E-state index is 0.0533. The molecule has 1 aromatic carbocycles. The third-order valence-corrected chi connectivity index (χ3v) is 3.92. The van der Waals surface area contributed by atoms with E-state index in [0.717, 1.165) is 38.3 Å². The second-order valence-corrected chi connectivity index (χ2v) is 5.24. The largest absolute Gasteiger partial charge is 0.497 e. The molecule has 0 aliphatic carbocycles. The molecule has 5 heteroatoms. The number of carbonyl (C=O) groups is 1. The number of methoxy groups -OCH3 is 2. The molecular formula is C17H24N2O3. The second kappa shape index (κ2) is 7.84. The van der Waals surface area contributed by atoms with Crippen LogP contribution < -0.4 is 9.47 Å². The minimum absolute atomic E-state index is 0.0533. The van der Waals surface area contributed by atoms with E-state index in [1.165, 1.54) is 0 Å². The van der Waals surface area contributed by atoms with Crippen molar-refractivity contribution in [2.45, 2.75) is 6.92 Å². The molecule has 1 saturated heterocycles. The van der Waals surface area contributed by atoms with Crippen molar-refractivity contribution in [2.24, 2.45) is 0 Å². The Morgan fingerprint density at radius 2 is 1.68 bits per heavy atom. The molecular weight excluding hydrogens is 280 g/mol. The molecule has 0 radical (unpaired) electrons. The normalized spacial score (nSPS) is 16.0. The van der Waals surface area contributed by atoms with Gasteiger partial charge in [0.2, 0.25) is 5.91 Å². The van der Waals surface area contributed by atoms with Gasteiger partial charge < -0.3 is 19.3 Å². The van der Waals surface area contributed by atoms with Gasteiger partial charge >= 0.3 is 0 Å². The maximum absolute atomic E-state index is 12.2. The van der Waals surface area contributed by atoms with Crippen LogP contribution in [0.5, 0.6) is 11.5 Å². The molecule has 0 unspecified atom stereocenters. The second-order valence-electron chi connectivity index (χ2n) is 5.24. The van der Waals surface area contributed by atoms with Gasteiger partial charge in [-0.15, -0.1) is 0 Å². The van der Waals surface area contributed by atoms with Gasteiger partial charge in [-0.1, -0.05) is 6.92 Å². The van der Waals surface area contributed by atoms with Crippen LogP contribution in [0.25, 0.3) is 6.08 Å². The highest BCUT2D eigenvalue weighted by atomic mass is 16.5. The van der Waals surface area contributed by atoms with Crippen LogP contribution in [0, 0.1) is 0 Å². The first-order valence-corrected chi connectivity index (χ1v) is 7.58. The van der Waals surface area contributed by atoms with E-state index in [1.807, 2.05) is 23.1 Å². The number of rotatable bonds is 5. The van der Waals surface area contributed by atoms with E-state index >= 15 is 0 Å². The predicted octanol–water partition coefficient (Wildman–Crippen LogP) is 1.88. The molecule has 1 fully saturated rings. The summed E-state index contributed by atoms with van der Waals surface area (Å²) in [7, 11) is 3.22. The van der Waals surface area contributed by atoms with Crippen molar-refractivity contribution in [2.75, 3.05) is 46.9 Å². The van der Waals surface area contributed by atoms with E-state index in [4.69, 9.17) is 9.47 Å². The van der Waals surface area contributed by atoms with Crippen LogP contribution in [-0.4, -0.2) is 62.7 Å². The SMILES string of the molecule is CCN1CCN(C(=O)/C=C\c2cc(OC)cc(OC)c2)CC1. The summed E-state index contributed by atoms with van der Waals surface area (Å²) >= 11 is 0. The minimum Gasteiger partial charge on any atom is -0.497 e. The average Bonchev–Trinajstić information content (AvgIpc) is 2.59. The lowest BCUT2D eigenvalue weighted by atomic mass is 10.2.